The van der Waals surface area contributed by atoms with Crippen molar-refractivity contribution >= 4 is 23.2 Å². The number of hydrogen-bond acceptors (Lipinski definition) is 6. The van der Waals surface area contributed by atoms with Gasteiger partial charge in [0.25, 0.3) is 0 Å². The number of carbonyl (C=O) groups excluding carboxylic acids is 2. The summed E-state index contributed by atoms with van der Waals surface area (Å²) in [6.07, 6.45) is 0.145. The Morgan fingerprint density at radius 3 is 2.50 bits per heavy atom. The standard InChI is InChI=1S/C22H24N2O6/c1-13-8-18(27-2)19(28-3)11-16(13)23-22(26)14-9-21(25)24(12-14)15-4-5-17-20(10-15)30-7-6-29-17/h4-5,8,10-11,14H,6-7,9,12H2,1-3H3,(H,23,26)/t14-/m0/s1. The molecule has 1 atom stereocenters. The van der Waals surface area contributed by atoms with E-state index in [1.54, 1.807) is 43.4 Å². The van der Waals surface area contributed by atoms with E-state index in [9.17, 15) is 9.59 Å². The number of nitrogens with zero attached hydrogens (tertiary/aromatic N) is 1. The van der Waals surface area contributed by atoms with E-state index in [1.807, 2.05) is 13.0 Å². The lowest BCUT2D eigenvalue weighted by atomic mass is 10.1. The van der Waals surface area contributed by atoms with Crippen LogP contribution in [0.4, 0.5) is 11.4 Å². The quantitative estimate of drug-likeness (QED) is 0.813. The molecule has 158 valence electrons. The molecule has 0 saturated carbocycles. The number of benzene rings is 2. The van der Waals surface area contributed by atoms with Crippen LogP contribution in [0.5, 0.6) is 23.0 Å². The van der Waals surface area contributed by atoms with Crippen LogP contribution in [-0.2, 0) is 9.59 Å². The van der Waals surface area contributed by atoms with Crippen molar-refractivity contribution in [3.05, 3.63) is 35.9 Å². The van der Waals surface area contributed by atoms with Crippen molar-refractivity contribution in [2.45, 2.75) is 13.3 Å². The highest BCUT2D eigenvalue weighted by atomic mass is 16.6. The van der Waals surface area contributed by atoms with E-state index in [0.717, 1.165) is 5.56 Å². The summed E-state index contributed by atoms with van der Waals surface area (Å²) in [7, 11) is 3.10. The van der Waals surface area contributed by atoms with Crippen LogP contribution >= 0.6 is 0 Å². The third-order valence-electron chi connectivity index (χ3n) is 5.32. The Morgan fingerprint density at radius 1 is 1.07 bits per heavy atom. The van der Waals surface area contributed by atoms with Gasteiger partial charge in [-0.05, 0) is 30.7 Å². The highest BCUT2D eigenvalue weighted by Gasteiger charge is 2.36. The Labute approximate surface area is 174 Å². The predicted octanol–water partition coefficient (Wildman–Crippen LogP) is 2.78. The fourth-order valence-corrected chi connectivity index (χ4v) is 3.68. The van der Waals surface area contributed by atoms with Gasteiger partial charge in [-0.15, -0.1) is 0 Å². The van der Waals surface area contributed by atoms with Crippen molar-refractivity contribution in [3.8, 4) is 23.0 Å². The Morgan fingerprint density at radius 2 is 1.77 bits per heavy atom. The molecule has 0 radical (unpaired) electrons. The van der Waals surface area contributed by atoms with Crippen LogP contribution < -0.4 is 29.2 Å². The lowest BCUT2D eigenvalue weighted by Crippen LogP contribution is -2.28. The first-order chi connectivity index (χ1) is 14.5. The summed E-state index contributed by atoms with van der Waals surface area (Å²) >= 11 is 0. The van der Waals surface area contributed by atoms with Crippen LogP contribution in [0.2, 0.25) is 0 Å². The number of carbonyl (C=O) groups is 2. The molecule has 2 aromatic rings. The Kier molecular flexibility index (Phi) is 5.39. The summed E-state index contributed by atoms with van der Waals surface area (Å²) in [5.41, 5.74) is 2.17. The molecular formula is C22H24N2O6. The van der Waals surface area contributed by atoms with E-state index < -0.39 is 5.92 Å². The second kappa shape index (κ2) is 8.14. The number of nitrogens with one attached hydrogen (secondary N) is 1. The van der Waals surface area contributed by atoms with Gasteiger partial charge in [0.05, 0.1) is 20.1 Å². The molecule has 2 aliphatic heterocycles. The van der Waals surface area contributed by atoms with Gasteiger partial charge in [0.2, 0.25) is 11.8 Å². The molecule has 2 heterocycles. The number of hydrogen-bond donors (Lipinski definition) is 1. The highest BCUT2D eigenvalue weighted by molar-refractivity contribution is 6.04. The van der Waals surface area contributed by atoms with Crippen LogP contribution in [0.1, 0.15) is 12.0 Å². The lowest BCUT2D eigenvalue weighted by molar-refractivity contribution is -0.122. The molecule has 1 N–H and O–H groups in total. The first-order valence-corrected chi connectivity index (χ1v) is 9.73. The molecule has 0 bridgehead atoms. The van der Waals surface area contributed by atoms with E-state index in [-0.39, 0.29) is 18.2 Å². The minimum absolute atomic E-state index is 0.101. The van der Waals surface area contributed by atoms with Crippen LogP contribution in [-0.4, -0.2) is 45.8 Å². The van der Waals surface area contributed by atoms with Crippen LogP contribution in [0.3, 0.4) is 0 Å². The lowest BCUT2D eigenvalue weighted by Gasteiger charge is -2.22. The maximum atomic E-state index is 12.9. The van der Waals surface area contributed by atoms with E-state index in [4.69, 9.17) is 18.9 Å². The minimum Gasteiger partial charge on any atom is -0.493 e. The summed E-state index contributed by atoms with van der Waals surface area (Å²) in [5, 5.41) is 2.92. The third kappa shape index (κ3) is 3.72. The number of ether oxygens (including phenoxy) is 4. The zero-order valence-corrected chi connectivity index (χ0v) is 17.2. The van der Waals surface area contributed by atoms with Gasteiger partial charge in [0.1, 0.15) is 13.2 Å². The number of anilines is 2. The summed E-state index contributed by atoms with van der Waals surface area (Å²) in [6.45, 7) is 3.16. The van der Waals surface area contributed by atoms with Crippen molar-refractivity contribution in [2.24, 2.45) is 5.92 Å². The van der Waals surface area contributed by atoms with Gasteiger partial charge in [-0.2, -0.15) is 0 Å². The van der Waals surface area contributed by atoms with E-state index >= 15 is 0 Å². The molecule has 0 aromatic heterocycles. The molecule has 0 spiro atoms. The smallest absolute Gasteiger partial charge is 0.229 e. The minimum atomic E-state index is -0.460. The molecule has 2 amide bonds. The molecule has 4 rings (SSSR count). The van der Waals surface area contributed by atoms with Gasteiger partial charge >= 0.3 is 0 Å². The number of fused-ring (bicyclic) bond motifs is 1. The second-order valence-corrected chi connectivity index (χ2v) is 7.24. The van der Waals surface area contributed by atoms with Crippen LogP contribution in [0.25, 0.3) is 0 Å². The number of methoxy groups -OCH3 is 2. The monoisotopic (exact) mass is 412 g/mol. The summed E-state index contributed by atoms with van der Waals surface area (Å²) in [5.74, 6) is 1.62. The molecule has 1 saturated heterocycles. The van der Waals surface area contributed by atoms with Crippen molar-refractivity contribution in [1.82, 2.24) is 0 Å². The van der Waals surface area contributed by atoms with Crippen LogP contribution in [0, 0.1) is 12.8 Å². The number of rotatable bonds is 5. The van der Waals surface area contributed by atoms with Gasteiger partial charge in [0, 0.05) is 36.5 Å². The first-order valence-electron chi connectivity index (χ1n) is 9.73. The van der Waals surface area contributed by atoms with E-state index in [0.29, 0.717) is 54.1 Å². The van der Waals surface area contributed by atoms with Crippen molar-refractivity contribution in [1.29, 1.82) is 0 Å². The van der Waals surface area contributed by atoms with Crippen LogP contribution in [0.15, 0.2) is 30.3 Å². The average Bonchev–Trinajstić information content (AvgIpc) is 3.16. The largest absolute Gasteiger partial charge is 0.493 e. The SMILES string of the molecule is COc1cc(C)c(NC(=O)[C@H]2CC(=O)N(c3ccc4c(c3)OCCO4)C2)cc1OC. The van der Waals surface area contributed by atoms with E-state index in [2.05, 4.69) is 5.32 Å². The first kappa shape index (κ1) is 19.9. The fourth-order valence-electron chi connectivity index (χ4n) is 3.68. The molecule has 1 fully saturated rings. The average molecular weight is 412 g/mol. The van der Waals surface area contributed by atoms with Crippen molar-refractivity contribution in [2.75, 3.05) is 44.2 Å². The molecular weight excluding hydrogens is 388 g/mol. The molecule has 8 heteroatoms. The molecule has 0 unspecified atom stereocenters. The molecule has 2 aliphatic rings. The predicted molar refractivity (Wildman–Crippen MR) is 111 cm³/mol. The van der Waals surface area contributed by atoms with E-state index in [1.165, 1.54) is 0 Å². The van der Waals surface area contributed by atoms with Crippen molar-refractivity contribution < 1.29 is 28.5 Å². The zero-order valence-electron chi connectivity index (χ0n) is 17.2. The van der Waals surface area contributed by atoms with Gasteiger partial charge in [-0.25, -0.2) is 0 Å². The second-order valence-electron chi connectivity index (χ2n) is 7.24. The maximum absolute atomic E-state index is 12.9. The molecule has 0 aliphatic carbocycles. The summed E-state index contributed by atoms with van der Waals surface area (Å²) in [4.78, 5) is 27.1. The van der Waals surface area contributed by atoms with Gasteiger partial charge in [-0.1, -0.05) is 0 Å². The topological polar surface area (TPSA) is 86.3 Å². The normalized spacial score (nSPS) is 17.6. The van der Waals surface area contributed by atoms with Crippen molar-refractivity contribution in [3.63, 3.8) is 0 Å². The van der Waals surface area contributed by atoms with Gasteiger partial charge in [0.15, 0.2) is 23.0 Å². The van der Waals surface area contributed by atoms with Gasteiger partial charge in [-0.3, -0.25) is 9.59 Å². The molecule has 2 aromatic carbocycles. The molecule has 30 heavy (non-hydrogen) atoms. The Bertz CT molecular complexity index is 990. The Balaban J connectivity index is 1.48. The maximum Gasteiger partial charge on any atom is 0.229 e. The summed E-state index contributed by atoms with van der Waals surface area (Å²) < 4.78 is 21.7. The van der Waals surface area contributed by atoms with Gasteiger partial charge < -0.3 is 29.2 Å². The summed E-state index contributed by atoms with van der Waals surface area (Å²) in [6, 6.07) is 8.91. The highest BCUT2D eigenvalue weighted by Crippen LogP contribution is 2.37. The fraction of sp³-hybridized carbons (Fsp3) is 0.364. The Hall–Kier alpha value is -3.42. The number of aryl methyl sites for hydroxylation is 1. The number of amides is 2. The third-order valence-corrected chi connectivity index (χ3v) is 5.32. The molecule has 8 nitrogen and oxygen atoms in total. The zero-order chi connectivity index (χ0) is 21.3.